The minimum absolute atomic E-state index is 0.0390. The molecular weight excluding hydrogens is 328 g/mol. The quantitative estimate of drug-likeness (QED) is 0.781. The Morgan fingerprint density at radius 2 is 2.05 bits per heavy atom. The van der Waals surface area contributed by atoms with Gasteiger partial charge in [-0.2, -0.15) is 11.8 Å². The number of carbonyl (C=O) groups is 2. The summed E-state index contributed by atoms with van der Waals surface area (Å²) in [4.78, 5) is 23.0. The van der Waals surface area contributed by atoms with Crippen LogP contribution in [0.5, 0.6) is 0 Å². The summed E-state index contributed by atoms with van der Waals surface area (Å²) in [7, 11) is 0. The van der Waals surface area contributed by atoms with Crippen molar-refractivity contribution in [3.05, 3.63) is 33.6 Å². The van der Waals surface area contributed by atoms with E-state index in [-0.39, 0.29) is 22.0 Å². The SMILES string of the molecule is CSCC[C@@H](NC(=O)c1cc(F)c(Cl)cc1Cl)C(=O)O. The fourth-order valence-corrected chi connectivity index (χ4v) is 2.37. The van der Waals surface area contributed by atoms with Gasteiger partial charge < -0.3 is 10.4 Å². The standard InChI is InChI=1S/C12H12Cl2FNO3S/c1-20-3-2-10(12(18)19)16-11(17)6-4-9(15)8(14)5-7(6)13/h4-5,10H,2-3H2,1H3,(H,16,17)(H,18,19)/t10-/m1/s1. The van der Waals surface area contributed by atoms with Crippen molar-refractivity contribution in [3.63, 3.8) is 0 Å². The normalized spacial score (nSPS) is 12.0. The number of benzene rings is 1. The van der Waals surface area contributed by atoms with Crippen molar-refractivity contribution in [2.24, 2.45) is 0 Å². The molecule has 0 unspecified atom stereocenters. The van der Waals surface area contributed by atoms with E-state index in [0.717, 1.165) is 12.1 Å². The maximum Gasteiger partial charge on any atom is 0.326 e. The monoisotopic (exact) mass is 339 g/mol. The zero-order chi connectivity index (χ0) is 15.3. The average molecular weight is 340 g/mol. The van der Waals surface area contributed by atoms with Crippen LogP contribution in [0.15, 0.2) is 12.1 Å². The Balaban J connectivity index is 2.89. The van der Waals surface area contributed by atoms with Crippen LogP contribution in [-0.2, 0) is 4.79 Å². The highest BCUT2D eigenvalue weighted by Crippen LogP contribution is 2.24. The summed E-state index contributed by atoms with van der Waals surface area (Å²) in [6, 6.07) is 0.933. The number of carbonyl (C=O) groups excluding carboxylic acids is 1. The molecule has 8 heteroatoms. The fourth-order valence-electron chi connectivity index (χ4n) is 1.43. The first-order valence-corrected chi connectivity index (χ1v) is 7.69. The molecule has 0 heterocycles. The van der Waals surface area contributed by atoms with E-state index < -0.39 is 23.7 Å². The van der Waals surface area contributed by atoms with Crippen molar-refractivity contribution in [3.8, 4) is 0 Å². The average Bonchev–Trinajstić information content (AvgIpc) is 2.38. The van der Waals surface area contributed by atoms with Gasteiger partial charge in [0, 0.05) is 0 Å². The van der Waals surface area contributed by atoms with Crippen LogP contribution >= 0.6 is 35.0 Å². The van der Waals surface area contributed by atoms with Crippen LogP contribution in [-0.4, -0.2) is 35.0 Å². The zero-order valence-corrected chi connectivity index (χ0v) is 12.8. The molecule has 4 nitrogen and oxygen atoms in total. The summed E-state index contributed by atoms with van der Waals surface area (Å²) in [6.07, 6.45) is 2.09. The van der Waals surface area contributed by atoms with Gasteiger partial charge in [0.05, 0.1) is 15.6 Å². The molecule has 0 saturated heterocycles. The molecule has 0 fully saturated rings. The van der Waals surface area contributed by atoms with Crippen LogP contribution < -0.4 is 5.32 Å². The first-order valence-electron chi connectivity index (χ1n) is 5.54. The van der Waals surface area contributed by atoms with Gasteiger partial charge in [-0.3, -0.25) is 4.79 Å². The summed E-state index contributed by atoms with van der Waals surface area (Å²) >= 11 is 12.8. The number of hydrogen-bond donors (Lipinski definition) is 2. The van der Waals surface area contributed by atoms with Crippen molar-refractivity contribution in [1.82, 2.24) is 5.32 Å². The molecule has 0 radical (unpaired) electrons. The second-order valence-electron chi connectivity index (χ2n) is 3.89. The number of carboxylic acid groups (broad SMARTS) is 1. The van der Waals surface area contributed by atoms with Gasteiger partial charge in [-0.05, 0) is 30.6 Å². The van der Waals surface area contributed by atoms with Crippen molar-refractivity contribution < 1.29 is 19.1 Å². The van der Waals surface area contributed by atoms with Gasteiger partial charge in [0.15, 0.2) is 0 Å². The number of rotatable bonds is 6. The molecule has 2 N–H and O–H groups in total. The van der Waals surface area contributed by atoms with E-state index in [0.29, 0.717) is 5.75 Å². The summed E-state index contributed by atoms with van der Waals surface area (Å²) in [5, 5.41) is 11.1. The highest BCUT2D eigenvalue weighted by atomic mass is 35.5. The molecule has 1 atom stereocenters. The summed E-state index contributed by atoms with van der Waals surface area (Å²) in [5.74, 6) is -2.13. The molecule has 0 aliphatic heterocycles. The molecule has 0 bridgehead atoms. The number of hydrogen-bond acceptors (Lipinski definition) is 3. The second kappa shape index (κ2) is 7.71. The van der Waals surface area contributed by atoms with Crippen LogP contribution in [0, 0.1) is 5.82 Å². The van der Waals surface area contributed by atoms with Gasteiger partial charge in [-0.15, -0.1) is 0 Å². The maximum atomic E-state index is 13.3. The molecule has 0 aliphatic rings. The highest BCUT2D eigenvalue weighted by Gasteiger charge is 2.22. The zero-order valence-electron chi connectivity index (χ0n) is 10.5. The van der Waals surface area contributed by atoms with Crippen molar-refractivity contribution in [2.75, 3.05) is 12.0 Å². The minimum atomic E-state index is -1.15. The molecule has 0 saturated carbocycles. The third kappa shape index (κ3) is 4.54. The van der Waals surface area contributed by atoms with E-state index in [1.54, 1.807) is 0 Å². The van der Waals surface area contributed by atoms with E-state index in [1.165, 1.54) is 11.8 Å². The van der Waals surface area contributed by atoms with Gasteiger partial charge in [-0.1, -0.05) is 23.2 Å². The molecule has 1 amide bonds. The van der Waals surface area contributed by atoms with Gasteiger partial charge in [0.25, 0.3) is 5.91 Å². The first kappa shape index (κ1) is 17.1. The van der Waals surface area contributed by atoms with Gasteiger partial charge in [0.2, 0.25) is 0 Å². The summed E-state index contributed by atoms with van der Waals surface area (Å²) in [5.41, 5.74) is -0.149. The molecule has 1 rings (SSSR count). The smallest absolute Gasteiger partial charge is 0.326 e. The van der Waals surface area contributed by atoms with Crippen molar-refractivity contribution in [1.29, 1.82) is 0 Å². The summed E-state index contributed by atoms with van der Waals surface area (Å²) < 4.78 is 13.3. The minimum Gasteiger partial charge on any atom is -0.480 e. The molecule has 1 aromatic rings. The van der Waals surface area contributed by atoms with E-state index in [2.05, 4.69) is 5.32 Å². The number of amides is 1. The molecular formula is C12H12Cl2FNO3S. The van der Waals surface area contributed by atoms with Gasteiger partial charge in [0.1, 0.15) is 11.9 Å². The Hall–Kier alpha value is -0.980. The summed E-state index contributed by atoms with van der Waals surface area (Å²) in [6.45, 7) is 0. The predicted molar refractivity (Wildman–Crippen MR) is 78.3 cm³/mol. The first-order chi connectivity index (χ1) is 9.36. The number of halogens is 3. The molecule has 0 spiro atoms. The van der Waals surface area contributed by atoms with Gasteiger partial charge >= 0.3 is 5.97 Å². The Morgan fingerprint density at radius 1 is 1.40 bits per heavy atom. The molecule has 1 aromatic carbocycles. The van der Waals surface area contributed by atoms with Crippen LogP contribution in [0.2, 0.25) is 10.0 Å². The predicted octanol–water partition coefficient (Wildman–Crippen LogP) is 3.07. The van der Waals surface area contributed by atoms with Crippen LogP contribution in [0.25, 0.3) is 0 Å². The lowest BCUT2D eigenvalue weighted by Gasteiger charge is -2.14. The largest absolute Gasteiger partial charge is 0.480 e. The fraction of sp³-hybridized carbons (Fsp3) is 0.333. The Labute approximate surface area is 129 Å². The Morgan fingerprint density at radius 3 is 2.60 bits per heavy atom. The lowest BCUT2D eigenvalue weighted by molar-refractivity contribution is -0.139. The lowest BCUT2D eigenvalue weighted by atomic mass is 10.1. The lowest BCUT2D eigenvalue weighted by Crippen LogP contribution is -2.41. The third-order valence-corrected chi connectivity index (χ3v) is 3.71. The van der Waals surface area contributed by atoms with Crippen LogP contribution in [0.1, 0.15) is 16.8 Å². The van der Waals surface area contributed by atoms with Gasteiger partial charge in [-0.25, -0.2) is 9.18 Å². The number of thioether (sulfide) groups is 1. The molecule has 20 heavy (non-hydrogen) atoms. The van der Waals surface area contributed by atoms with Crippen LogP contribution in [0.4, 0.5) is 4.39 Å². The van der Waals surface area contributed by atoms with E-state index in [1.807, 2.05) is 6.26 Å². The van der Waals surface area contributed by atoms with E-state index in [4.69, 9.17) is 28.3 Å². The molecule has 110 valence electrons. The number of aliphatic carboxylic acids is 1. The van der Waals surface area contributed by atoms with Crippen LogP contribution in [0.3, 0.4) is 0 Å². The third-order valence-electron chi connectivity index (χ3n) is 2.47. The molecule has 0 aromatic heterocycles. The topological polar surface area (TPSA) is 66.4 Å². The Bertz CT molecular complexity index is 528. The Kier molecular flexibility index (Phi) is 6.58. The number of nitrogens with one attached hydrogen (secondary N) is 1. The van der Waals surface area contributed by atoms with Crippen molar-refractivity contribution in [2.45, 2.75) is 12.5 Å². The van der Waals surface area contributed by atoms with E-state index in [9.17, 15) is 14.0 Å². The molecule has 0 aliphatic carbocycles. The van der Waals surface area contributed by atoms with Crippen molar-refractivity contribution >= 4 is 46.8 Å². The number of carboxylic acids is 1. The second-order valence-corrected chi connectivity index (χ2v) is 5.69. The van der Waals surface area contributed by atoms with E-state index >= 15 is 0 Å². The highest BCUT2D eigenvalue weighted by molar-refractivity contribution is 7.98. The maximum absolute atomic E-state index is 13.3.